The highest BCUT2D eigenvalue weighted by Gasteiger charge is 2.24. The van der Waals surface area contributed by atoms with E-state index in [1.807, 2.05) is 36.6 Å². The van der Waals surface area contributed by atoms with Crippen LogP contribution in [-0.2, 0) is 21.2 Å². The number of methoxy groups -OCH3 is 1. The zero-order valence-electron chi connectivity index (χ0n) is 15.5. The van der Waals surface area contributed by atoms with E-state index in [2.05, 4.69) is 14.4 Å². The Kier molecular flexibility index (Phi) is 6.23. The lowest BCUT2D eigenvalue weighted by atomic mass is 10.0. The molecule has 0 saturated heterocycles. The van der Waals surface area contributed by atoms with Gasteiger partial charge in [-0.3, -0.25) is 0 Å². The second-order valence-electron chi connectivity index (χ2n) is 6.26. The first-order chi connectivity index (χ1) is 13.4. The Hall–Kier alpha value is -2.55. The van der Waals surface area contributed by atoms with Crippen LogP contribution in [-0.4, -0.2) is 26.5 Å². The third kappa shape index (κ3) is 4.83. The third-order valence-corrected chi connectivity index (χ3v) is 6.49. The number of aryl methyl sites for hydroxylation is 1. The Morgan fingerprint density at radius 1 is 1.21 bits per heavy atom. The van der Waals surface area contributed by atoms with Crippen molar-refractivity contribution < 1.29 is 17.9 Å². The van der Waals surface area contributed by atoms with Crippen LogP contribution in [0, 0.1) is 6.92 Å². The third-order valence-electron chi connectivity index (χ3n) is 4.13. The zero-order chi connectivity index (χ0) is 20.1. The Balaban J connectivity index is 1.90. The first-order valence-corrected chi connectivity index (χ1v) is 10.9. The molecule has 1 unspecified atom stereocenters. The highest BCUT2D eigenvalue weighted by atomic mass is 32.2. The number of carbonyl (C=O) groups is 1. The van der Waals surface area contributed by atoms with E-state index in [0.29, 0.717) is 11.4 Å². The van der Waals surface area contributed by atoms with Gasteiger partial charge in [0.25, 0.3) is 0 Å². The Bertz CT molecular complexity index is 1060. The number of carbonyl (C=O) groups excluding carboxylic acids is 1. The molecule has 6 nitrogen and oxygen atoms in total. The number of aromatic nitrogens is 1. The molecule has 3 rings (SSSR count). The van der Waals surface area contributed by atoms with Crippen molar-refractivity contribution in [1.29, 1.82) is 0 Å². The van der Waals surface area contributed by atoms with E-state index < -0.39 is 22.0 Å². The zero-order valence-corrected chi connectivity index (χ0v) is 17.1. The van der Waals surface area contributed by atoms with Gasteiger partial charge < -0.3 is 4.74 Å². The van der Waals surface area contributed by atoms with Crippen LogP contribution in [0.15, 0.2) is 65.0 Å². The normalized spacial score (nSPS) is 12.5. The molecule has 1 atom stereocenters. The van der Waals surface area contributed by atoms with E-state index in [1.54, 1.807) is 6.20 Å². The minimum atomic E-state index is -3.87. The fourth-order valence-electron chi connectivity index (χ4n) is 2.82. The predicted molar refractivity (Wildman–Crippen MR) is 108 cm³/mol. The van der Waals surface area contributed by atoms with Gasteiger partial charge in [0.1, 0.15) is 5.01 Å². The molecule has 2 aromatic carbocycles. The fourth-order valence-corrected chi connectivity index (χ4v) is 4.83. The van der Waals surface area contributed by atoms with Crippen molar-refractivity contribution in [3.63, 3.8) is 0 Å². The average Bonchev–Trinajstić information content (AvgIpc) is 3.22. The van der Waals surface area contributed by atoms with Crippen molar-refractivity contribution in [3.05, 3.63) is 81.8 Å². The number of rotatable bonds is 7. The first kappa shape index (κ1) is 20.2. The van der Waals surface area contributed by atoms with Crippen molar-refractivity contribution in [2.75, 3.05) is 7.11 Å². The van der Waals surface area contributed by atoms with E-state index in [0.717, 1.165) is 11.1 Å². The molecule has 0 radical (unpaired) electrons. The first-order valence-electron chi connectivity index (χ1n) is 8.54. The highest BCUT2D eigenvalue weighted by molar-refractivity contribution is 7.89. The molecule has 0 spiro atoms. The predicted octanol–water partition coefficient (Wildman–Crippen LogP) is 3.50. The number of thiazole rings is 1. The number of sulfonamides is 1. The Labute approximate surface area is 168 Å². The van der Waals surface area contributed by atoms with Crippen LogP contribution < -0.4 is 4.72 Å². The largest absolute Gasteiger partial charge is 0.465 e. The molecule has 0 fully saturated rings. The molecule has 0 aliphatic rings. The van der Waals surface area contributed by atoms with E-state index >= 15 is 0 Å². The summed E-state index contributed by atoms with van der Waals surface area (Å²) in [7, 11) is -2.62. The lowest BCUT2D eigenvalue weighted by Crippen LogP contribution is -2.30. The van der Waals surface area contributed by atoms with Crippen molar-refractivity contribution >= 4 is 27.3 Å². The van der Waals surface area contributed by atoms with Gasteiger partial charge in [-0.05, 0) is 37.1 Å². The van der Waals surface area contributed by atoms with Gasteiger partial charge in [0.2, 0.25) is 10.0 Å². The molecule has 0 bridgehead atoms. The standard InChI is InChI=1S/C20H20N2O4S2/c1-14-5-3-6-15(11-14)12-18(19-21-9-10-27-19)22-28(24,25)17-8-4-7-16(13-17)20(23)26-2/h3-11,13,18,22H,12H2,1-2H3. The number of nitrogens with one attached hydrogen (secondary N) is 1. The monoisotopic (exact) mass is 416 g/mol. The molecular formula is C20H20N2O4S2. The molecule has 28 heavy (non-hydrogen) atoms. The van der Waals surface area contributed by atoms with Gasteiger partial charge in [-0.25, -0.2) is 22.9 Å². The summed E-state index contributed by atoms with van der Waals surface area (Å²) in [5, 5.41) is 2.49. The van der Waals surface area contributed by atoms with Crippen LogP contribution in [0.25, 0.3) is 0 Å². The lowest BCUT2D eigenvalue weighted by Gasteiger charge is -2.17. The number of hydrogen-bond donors (Lipinski definition) is 1. The van der Waals surface area contributed by atoms with Crippen LogP contribution in [0.3, 0.4) is 0 Å². The summed E-state index contributed by atoms with van der Waals surface area (Å²) in [6.07, 6.45) is 2.11. The topological polar surface area (TPSA) is 85.4 Å². The van der Waals surface area contributed by atoms with Crippen LogP contribution in [0.5, 0.6) is 0 Å². The quantitative estimate of drug-likeness (QED) is 0.596. The molecular weight excluding hydrogens is 396 g/mol. The van der Waals surface area contributed by atoms with Crippen molar-refractivity contribution in [1.82, 2.24) is 9.71 Å². The maximum atomic E-state index is 13.0. The van der Waals surface area contributed by atoms with Gasteiger partial charge in [-0.2, -0.15) is 0 Å². The van der Waals surface area contributed by atoms with Crippen LogP contribution >= 0.6 is 11.3 Å². The minimum Gasteiger partial charge on any atom is -0.465 e. The number of nitrogens with zero attached hydrogens (tertiary/aromatic N) is 1. The molecule has 1 N–H and O–H groups in total. The maximum absolute atomic E-state index is 13.0. The van der Waals surface area contributed by atoms with Gasteiger partial charge >= 0.3 is 5.97 Å². The smallest absolute Gasteiger partial charge is 0.337 e. The molecule has 0 aliphatic carbocycles. The number of esters is 1. The molecule has 146 valence electrons. The van der Waals surface area contributed by atoms with Gasteiger partial charge in [0.05, 0.1) is 23.6 Å². The lowest BCUT2D eigenvalue weighted by molar-refractivity contribution is 0.0600. The van der Waals surface area contributed by atoms with Crippen molar-refractivity contribution in [2.45, 2.75) is 24.3 Å². The number of hydrogen-bond acceptors (Lipinski definition) is 6. The van der Waals surface area contributed by atoms with Gasteiger partial charge in [0.15, 0.2) is 0 Å². The van der Waals surface area contributed by atoms with Crippen molar-refractivity contribution in [2.24, 2.45) is 0 Å². The van der Waals surface area contributed by atoms with E-state index in [-0.39, 0.29) is 10.5 Å². The summed E-state index contributed by atoms with van der Waals surface area (Å²) >= 11 is 1.39. The summed E-state index contributed by atoms with van der Waals surface area (Å²) in [5.74, 6) is -0.590. The molecule has 0 aliphatic heterocycles. The summed E-state index contributed by atoms with van der Waals surface area (Å²) < 4.78 is 33.3. The summed E-state index contributed by atoms with van der Waals surface area (Å²) in [4.78, 5) is 16.0. The summed E-state index contributed by atoms with van der Waals surface area (Å²) in [5.41, 5.74) is 2.28. The minimum absolute atomic E-state index is 0.00111. The average molecular weight is 417 g/mol. The molecule has 3 aromatic rings. The summed E-state index contributed by atoms with van der Waals surface area (Å²) in [6, 6.07) is 13.2. The Morgan fingerprint density at radius 3 is 2.68 bits per heavy atom. The number of ether oxygens (including phenoxy) is 1. The molecule has 0 saturated carbocycles. The molecule has 8 heteroatoms. The van der Waals surface area contributed by atoms with Crippen LogP contribution in [0.4, 0.5) is 0 Å². The van der Waals surface area contributed by atoms with Crippen molar-refractivity contribution in [3.8, 4) is 0 Å². The van der Waals surface area contributed by atoms with Gasteiger partial charge in [-0.1, -0.05) is 35.9 Å². The van der Waals surface area contributed by atoms with E-state index in [1.165, 1.54) is 42.7 Å². The molecule has 1 aromatic heterocycles. The van der Waals surface area contributed by atoms with Crippen LogP contribution in [0.1, 0.15) is 32.5 Å². The van der Waals surface area contributed by atoms with Gasteiger partial charge in [-0.15, -0.1) is 11.3 Å². The number of benzene rings is 2. The second kappa shape index (κ2) is 8.64. The Morgan fingerprint density at radius 2 is 2.00 bits per heavy atom. The second-order valence-corrected chi connectivity index (χ2v) is 8.90. The SMILES string of the molecule is COC(=O)c1cccc(S(=O)(=O)NC(Cc2cccc(C)c2)c2nccs2)c1. The van der Waals surface area contributed by atoms with E-state index in [9.17, 15) is 13.2 Å². The van der Waals surface area contributed by atoms with Gasteiger partial charge in [0, 0.05) is 11.6 Å². The van der Waals surface area contributed by atoms with E-state index in [4.69, 9.17) is 0 Å². The fraction of sp³-hybridized carbons (Fsp3) is 0.200. The van der Waals surface area contributed by atoms with Crippen LogP contribution in [0.2, 0.25) is 0 Å². The highest BCUT2D eigenvalue weighted by Crippen LogP contribution is 2.24. The maximum Gasteiger partial charge on any atom is 0.337 e. The summed E-state index contributed by atoms with van der Waals surface area (Å²) in [6.45, 7) is 1.99. The molecule has 1 heterocycles. The molecule has 0 amide bonds.